The van der Waals surface area contributed by atoms with Gasteiger partial charge in [-0.25, -0.2) is 10.4 Å². The molecule has 4 N–H and O–H groups in total. The van der Waals surface area contributed by atoms with Crippen molar-refractivity contribution in [2.75, 3.05) is 19.7 Å². The van der Waals surface area contributed by atoms with E-state index >= 15 is 0 Å². The van der Waals surface area contributed by atoms with Gasteiger partial charge in [0.1, 0.15) is 18.1 Å². The van der Waals surface area contributed by atoms with Crippen molar-refractivity contribution in [1.29, 1.82) is 0 Å². The third kappa shape index (κ3) is 5.17. The van der Waals surface area contributed by atoms with Crippen molar-refractivity contribution in [3.8, 4) is 5.75 Å². The maximum absolute atomic E-state index is 11.1. The Hall–Kier alpha value is -2.41. The van der Waals surface area contributed by atoms with Gasteiger partial charge in [-0.15, -0.1) is 0 Å². The zero-order valence-electron chi connectivity index (χ0n) is 12.6. The summed E-state index contributed by atoms with van der Waals surface area (Å²) < 4.78 is 5.53. The van der Waals surface area contributed by atoms with Gasteiger partial charge in [-0.1, -0.05) is 12.1 Å². The highest BCUT2D eigenvalue weighted by atomic mass is 16.5. The Kier molecular flexibility index (Phi) is 5.91. The molecule has 0 fully saturated rings. The highest BCUT2D eigenvalue weighted by Crippen LogP contribution is 2.13. The smallest absolute Gasteiger partial charge is 0.212 e. The standard InChI is InChI=1S/C15H21N5O2/c1-11(21)14(16)10-12-2-4-13(5-3-12)22-9-8-19-20-15-17-6-7-18-15/h2-5,8,14H,6-7,9-10,16H2,1H3,(H2,17,18,20)/b19-8-/t14-/m0/s1. The fraction of sp³-hybridized carbons (Fsp3) is 0.400. The second kappa shape index (κ2) is 8.14. The first-order chi connectivity index (χ1) is 10.6. The summed E-state index contributed by atoms with van der Waals surface area (Å²) in [6.45, 7) is 3.47. The molecule has 1 aliphatic rings. The number of carbonyl (C=O) groups is 1. The average Bonchev–Trinajstić information content (AvgIpc) is 3.01. The van der Waals surface area contributed by atoms with Crippen LogP contribution in [0.2, 0.25) is 0 Å². The Morgan fingerprint density at radius 2 is 2.32 bits per heavy atom. The number of nitrogens with zero attached hydrogens (tertiary/aromatic N) is 2. The van der Waals surface area contributed by atoms with E-state index in [0.29, 0.717) is 19.0 Å². The van der Waals surface area contributed by atoms with Gasteiger partial charge in [0.05, 0.1) is 18.8 Å². The Morgan fingerprint density at radius 3 is 2.95 bits per heavy atom. The predicted octanol–water partition coefficient (Wildman–Crippen LogP) is 0.0588. The third-order valence-corrected chi connectivity index (χ3v) is 3.16. The Labute approximate surface area is 129 Å². The molecule has 0 spiro atoms. The van der Waals surface area contributed by atoms with E-state index in [1.165, 1.54) is 6.92 Å². The number of nitrogens with two attached hydrogens (primary N) is 1. The molecule has 1 aromatic rings. The van der Waals surface area contributed by atoms with Gasteiger partial charge in [0.2, 0.25) is 5.96 Å². The van der Waals surface area contributed by atoms with Crippen LogP contribution >= 0.6 is 0 Å². The zero-order valence-corrected chi connectivity index (χ0v) is 12.6. The van der Waals surface area contributed by atoms with Gasteiger partial charge in [0, 0.05) is 6.54 Å². The van der Waals surface area contributed by atoms with Crippen LogP contribution in [0.5, 0.6) is 5.75 Å². The largest absolute Gasteiger partial charge is 0.488 e. The third-order valence-electron chi connectivity index (χ3n) is 3.16. The van der Waals surface area contributed by atoms with E-state index in [1.54, 1.807) is 6.21 Å². The number of nitrogens with one attached hydrogen (secondary N) is 2. The molecular formula is C15H21N5O2. The number of hydrazone groups is 1. The van der Waals surface area contributed by atoms with Crippen molar-refractivity contribution >= 4 is 18.0 Å². The molecule has 0 amide bonds. The number of guanidine groups is 1. The van der Waals surface area contributed by atoms with Crippen molar-refractivity contribution in [1.82, 2.24) is 10.7 Å². The number of carbonyl (C=O) groups excluding carboxylic acids is 1. The van der Waals surface area contributed by atoms with Crippen molar-refractivity contribution in [2.24, 2.45) is 15.8 Å². The molecule has 2 rings (SSSR count). The summed E-state index contributed by atoms with van der Waals surface area (Å²) in [5, 5.41) is 7.04. The number of Topliss-reactive ketones (excluding diaryl/α,β-unsaturated/α-hetero) is 1. The van der Waals surface area contributed by atoms with Gasteiger partial charge in [0.25, 0.3) is 0 Å². The quantitative estimate of drug-likeness (QED) is 0.488. The van der Waals surface area contributed by atoms with E-state index < -0.39 is 6.04 Å². The number of rotatable bonds is 7. The fourth-order valence-corrected chi connectivity index (χ4v) is 1.87. The van der Waals surface area contributed by atoms with Gasteiger partial charge < -0.3 is 15.8 Å². The molecule has 0 saturated carbocycles. The van der Waals surface area contributed by atoms with Crippen LogP contribution in [0.1, 0.15) is 12.5 Å². The van der Waals surface area contributed by atoms with Crippen LogP contribution in [0.3, 0.4) is 0 Å². The second-order valence-electron chi connectivity index (χ2n) is 4.96. The summed E-state index contributed by atoms with van der Waals surface area (Å²) in [6, 6.07) is 7.07. The van der Waals surface area contributed by atoms with Crippen molar-refractivity contribution < 1.29 is 9.53 Å². The summed E-state index contributed by atoms with van der Waals surface area (Å²) in [4.78, 5) is 15.3. The maximum Gasteiger partial charge on any atom is 0.212 e. The van der Waals surface area contributed by atoms with Crippen LogP contribution in [-0.4, -0.2) is 43.7 Å². The van der Waals surface area contributed by atoms with Gasteiger partial charge in [-0.2, -0.15) is 5.10 Å². The number of benzene rings is 1. The topological polar surface area (TPSA) is 101 Å². The first kappa shape index (κ1) is 16.0. The van der Waals surface area contributed by atoms with E-state index in [1.807, 2.05) is 24.3 Å². The Morgan fingerprint density at radius 1 is 1.55 bits per heavy atom. The van der Waals surface area contributed by atoms with Crippen LogP contribution in [0.4, 0.5) is 0 Å². The molecule has 0 unspecified atom stereocenters. The molecule has 0 bridgehead atoms. The molecule has 0 aromatic heterocycles. The molecular weight excluding hydrogens is 282 g/mol. The fourth-order valence-electron chi connectivity index (χ4n) is 1.87. The van der Waals surface area contributed by atoms with Crippen LogP contribution in [-0.2, 0) is 11.2 Å². The second-order valence-corrected chi connectivity index (χ2v) is 4.96. The van der Waals surface area contributed by atoms with E-state index in [-0.39, 0.29) is 5.78 Å². The Bertz CT molecular complexity index is 554. The minimum absolute atomic E-state index is 0.00889. The molecule has 7 heteroatoms. The van der Waals surface area contributed by atoms with E-state index in [9.17, 15) is 4.79 Å². The SMILES string of the molecule is CC(=O)[C@@H](N)Cc1ccc(OC/C=N\NC2=NCCN2)cc1. The van der Waals surface area contributed by atoms with Gasteiger partial charge in [-0.05, 0) is 31.0 Å². The van der Waals surface area contributed by atoms with E-state index in [2.05, 4.69) is 20.8 Å². The number of ketones is 1. The van der Waals surface area contributed by atoms with Crippen LogP contribution in [0.15, 0.2) is 34.4 Å². The first-order valence-corrected chi connectivity index (χ1v) is 7.19. The molecule has 0 radical (unpaired) electrons. The van der Waals surface area contributed by atoms with Crippen LogP contribution in [0.25, 0.3) is 0 Å². The van der Waals surface area contributed by atoms with Crippen molar-refractivity contribution in [3.63, 3.8) is 0 Å². The highest BCUT2D eigenvalue weighted by molar-refractivity contribution is 5.82. The summed E-state index contributed by atoms with van der Waals surface area (Å²) in [7, 11) is 0. The van der Waals surface area contributed by atoms with E-state index in [0.717, 1.165) is 24.4 Å². The summed E-state index contributed by atoms with van der Waals surface area (Å²) >= 11 is 0. The van der Waals surface area contributed by atoms with Crippen molar-refractivity contribution in [2.45, 2.75) is 19.4 Å². The lowest BCUT2D eigenvalue weighted by Gasteiger charge is -2.08. The molecule has 22 heavy (non-hydrogen) atoms. The summed E-state index contributed by atoms with van der Waals surface area (Å²) in [5.74, 6) is 1.41. The van der Waals surface area contributed by atoms with Gasteiger partial charge in [-0.3, -0.25) is 4.79 Å². The molecule has 7 nitrogen and oxygen atoms in total. The summed E-state index contributed by atoms with van der Waals surface area (Å²) in [6.07, 6.45) is 2.16. The highest BCUT2D eigenvalue weighted by Gasteiger charge is 2.08. The number of hydrogen-bond acceptors (Lipinski definition) is 7. The van der Waals surface area contributed by atoms with Crippen molar-refractivity contribution in [3.05, 3.63) is 29.8 Å². The minimum atomic E-state index is -0.447. The maximum atomic E-state index is 11.1. The van der Waals surface area contributed by atoms with Gasteiger partial charge in [0.15, 0.2) is 0 Å². The molecule has 1 atom stereocenters. The zero-order chi connectivity index (χ0) is 15.8. The predicted molar refractivity (Wildman–Crippen MR) is 86.2 cm³/mol. The van der Waals surface area contributed by atoms with Crippen LogP contribution in [0, 0.1) is 0 Å². The average molecular weight is 303 g/mol. The first-order valence-electron chi connectivity index (χ1n) is 7.19. The molecule has 1 aromatic carbocycles. The number of ether oxygens (including phenoxy) is 1. The van der Waals surface area contributed by atoms with Crippen LogP contribution < -0.4 is 21.2 Å². The number of aliphatic imine (C=N–C) groups is 1. The molecule has 0 saturated heterocycles. The lowest BCUT2D eigenvalue weighted by molar-refractivity contribution is -0.118. The molecule has 0 aliphatic carbocycles. The van der Waals surface area contributed by atoms with E-state index in [4.69, 9.17) is 10.5 Å². The molecule has 1 heterocycles. The summed E-state index contributed by atoms with van der Waals surface area (Å²) in [5.41, 5.74) is 9.53. The minimum Gasteiger partial charge on any atom is -0.488 e. The lowest BCUT2D eigenvalue weighted by Crippen LogP contribution is -2.30. The molecule has 118 valence electrons. The molecule has 1 aliphatic heterocycles. The Balaban J connectivity index is 1.71. The lowest BCUT2D eigenvalue weighted by atomic mass is 10.0. The normalized spacial score (nSPS) is 15.3. The number of hydrogen-bond donors (Lipinski definition) is 3. The monoisotopic (exact) mass is 303 g/mol. The van der Waals surface area contributed by atoms with Gasteiger partial charge >= 0.3 is 0 Å².